The molecule has 0 fully saturated rings. The van der Waals surface area contributed by atoms with E-state index in [1.54, 1.807) is 18.0 Å². The molecule has 0 atom stereocenters. The van der Waals surface area contributed by atoms with Gasteiger partial charge < -0.3 is 11.1 Å². The van der Waals surface area contributed by atoms with E-state index in [4.69, 9.17) is 5.73 Å². The summed E-state index contributed by atoms with van der Waals surface area (Å²) in [4.78, 5) is 17.2. The van der Waals surface area contributed by atoms with Crippen LogP contribution >= 0.6 is 11.8 Å². The molecule has 21 heavy (non-hydrogen) atoms. The SMILES string of the molecule is Cc1ccnc(NC(=O)CCCSc2ccccc2)c1N. The van der Waals surface area contributed by atoms with Gasteiger partial charge in [-0.25, -0.2) is 4.98 Å². The molecule has 2 rings (SSSR count). The number of hydrogen-bond donors (Lipinski definition) is 2. The second-order valence-corrected chi connectivity index (χ2v) is 5.87. The van der Waals surface area contributed by atoms with Gasteiger partial charge in [-0.05, 0) is 42.9 Å². The summed E-state index contributed by atoms with van der Waals surface area (Å²) in [5.41, 5.74) is 7.33. The van der Waals surface area contributed by atoms with Gasteiger partial charge in [0.05, 0.1) is 5.69 Å². The van der Waals surface area contributed by atoms with Crippen molar-refractivity contribution >= 4 is 29.2 Å². The number of rotatable bonds is 6. The highest BCUT2D eigenvalue weighted by Gasteiger charge is 2.07. The molecule has 1 amide bonds. The summed E-state index contributed by atoms with van der Waals surface area (Å²) in [5.74, 6) is 1.32. The molecular formula is C16H19N3OS. The maximum atomic E-state index is 11.9. The lowest BCUT2D eigenvalue weighted by Gasteiger charge is -2.08. The third-order valence-corrected chi connectivity index (χ3v) is 4.12. The van der Waals surface area contributed by atoms with Gasteiger partial charge in [-0.2, -0.15) is 0 Å². The number of aryl methyl sites for hydroxylation is 1. The number of hydrogen-bond acceptors (Lipinski definition) is 4. The van der Waals surface area contributed by atoms with Gasteiger partial charge in [0.1, 0.15) is 0 Å². The largest absolute Gasteiger partial charge is 0.396 e. The second kappa shape index (κ2) is 7.69. The van der Waals surface area contributed by atoms with Crippen LogP contribution in [0.25, 0.3) is 0 Å². The first-order valence-electron chi connectivity index (χ1n) is 6.85. The van der Waals surface area contributed by atoms with E-state index in [1.165, 1.54) is 4.90 Å². The molecule has 0 bridgehead atoms. The lowest BCUT2D eigenvalue weighted by molar-refractivity contribution is -0.116. The van der Waals surface area contributed by atoms with E-state index < -0.39 is 0 Å². The van der Waals surface area contributed by atoms with Crippen LogP contribution in [0.15, 0.2) is 47.5 Å². The first-order chi connectivity index (χ1) is 10.2. The van der Waals surface area contributed by atoms with Crippen molar-refractivity contribution in [2.75, 3.05) is 16.8 Å². The van der Waals surface area contributed by atoms with Crippen molar-refractivity contribution in [3.63, 3.8) is 0 Å². The summed E-state index contributed by atoms with van der Waals surface area (Å²) in [6, 6.07) is 12.0. The predicted octanol–water partition coefficient (Wildman–Crippen LogP) is 3.48. The summed E-state index contributed by atoms with van der Waals surface area (Å²) < 4.78 is 0. The minimum absolute atomic E-state index is 0.0477. The van der Waals surface area contributed by atoms with Crippen LogP contribution in [-0.2, 0) is 4.79 Å². The molecule has 0 aliphatic rings. The Balaban J connectivity index is 1.74. The summed E-state index contributed by atoms with van der Waals surface area (Å²) in [6.07, 6.45) is 2.93. The fourth-order valence-electron chi connectivity index (χ4n) is 1.80. The molecule has 5 heteroatoms. The van der Waals surface area contributed by atoms with Gasteiger partial charge in [-0.3, -0.25) is 4.79 Å². The number of amides is 1. The molecule has 0 aliphatic heterocycles. The third kappa shape index (κ3) is 4.79. The molecule has 4 nitrogen and oxygen atoms in total. The second-order valence-electron chi connectivity index (χ2n) is 4.70. The normalized spacial score (nSPS) is 10.3. The van der Waals surface area contributed by atoms with Gasteiger partial charge >= 0.3 is 0 Å². The highest BCUT2D eigenvalue weighted by atomic mass is 32.2. The Morgan fingerprint density at radius 3 is 2.81 bits per heavy atom. The maximum Gasteiger partial charge on any atom is 0.225 e. The Morgan fingerprint density at radius 1 is 1.29 bits per heavy atom. The number of nitrogen functional groups attached to an aromatic ring is 1. The van der Waals surface area contributed by atoms with Crippen LogP contribution in [0.1, 0.15) is 18.4 Å². The lowest BCUT2D eigenvalue weighted by atomic mass is 10.2. The Bertz CT molecular complexity index is 602. The number of nitrogens with one attached hydrogen (secondary N) is 1. The van der Waals surface area contributed by atoms with Gasteiger partial charge in [0.2, 0.25) is 5.91 Å². The van der Waals surface area contributed by atoms with E-state index >= 15 is 0 Å². The van der Waals surface area contributed by atoms with Gasteiger partial charge in [-0.1, -0.05) is 18.2 Å². The van der Waals surface area contributed by atoms with Crippen LogP contribution in [0.5, 0.6) is 0 Å². The number of thioether (sulfide) groups is 1. The van der Waals surface area contributed by atoms with E-state index in [1.807, 2.05) is 31.2 Å². The molecule has 2 aromatic rings. The van der Waals surface area contributed by atoms with Crippen molar-refractivity contribution in [2.45, 2.75) is 24.7 Å². The molecule has 3 N–H and O–H groups in total. The average Bonchev–Trinajstić information content (AvgIpc) is 2.49. The van der Waals surface area contributed by atoms with Crippen LogP contribution in [-0.4, -0.2) is 16.6 Å². The molecule has 110 valence electrons. The van der Waals surface area contributed by atoms with Crippen molar-refractivity contribution in [3.05, 3.63) is 48.2 Å². The van der Waals surface area contributed by atoms with Crippen LogP contribution in [0.3, 0.4) is 0 Å². The summed E-state index contributed by atoms with van der Waals surface area (Å²) >= 11 is 1.75. The highest BCUT2D eigenvalue weighted by molar-refractivity contribution is 7.99. The fourth-order valence-corrected chi connectivity index (χ4v) is 2.68. The van der Waals surface area contributed by atoms with E-state index in [0.29, 0.717) is 17.9 Å². The molecule has 0 saturated carbocycles. The molecule has 0 saturated heterocycles. The molecule has 0 aliphatic carbocycles. The Labute approximate surface area is 129 Å². The molecule has 0 unspecified atom stereocenters. The number of nitrogens with two attached hydrogens (primary N) is 1. The van der Waals surface area contributed by atoms with Crippen LogP contribution in [0.4, 0.5) is 11.5 Å². The molecule has 1 heterocycles. The van der Waals surface area contributed by atoms with Crippen molar-refractivity contribution in [1.82, 2.24) is 4.98 Å². The molecule has 0 radical (unpaired) electrons. The molecule has 0 spiro atoms. The monoisotopic (exact) mass is 301 g/mol. The van der Waals surface area contributed by atoms with Crippen molar-refractivity contribution in [3.8, 4) is 0 Å². The van der Waals surface area contributed by atoms with Crippen molar-refractivity contribution < 1.29 is 4.79 Å². The zero-order valence-electron chi connectivity index (χ0n) is 12.0. The van der Waals surface area contributed by atoms with Crippen LogP contribution in [0.2, 0.25) is 0 Å². The van der Waals surface area contributed by atoms with Gasteiger partial charge in [0, 0.05) is 17.5 Å². The number of benzene rings is 1. The fraction of sp³-hybridized carbons (Fsp3) is 0.250. The van der Waals surface area contributed by atoms with Crippen LogP contribution in [0, 0.1) is 6.92 Å². The minimum atomic E-state index is -0.0477. The van der Waals surface area contributed by atoms with E-state index in [2.05, 4.69) is 22.4 Å². The minimum Gasteiger partial charge on any atom is -0.396 e. The number of carbonyl (C=O) groups excluding carboxylic acids is 1. The first-order valence-corrected chi connectivity index (χ1v) is 7.84. The van der Waals surface area contributed by atoms with Gasteiger partial charge in [-0.15, -0.1) is 11.8 Å². The Hall–Kier alpha value is -2.01. The summed E-state index contributed by atoms with van der Waals surface area (Å²) in [7, 11) is 0. The predicted molar refractivity (Wildman–Crippen MR) is 88.4 cm³/mol. The van der Waals surface area contributed by atoms with Crippen molar-refractivity contribution in [2.24, 2.45) is 0 Å². The van der Waals surface area contributed by atoms with E-state index in [9.17, 15) is 4.79 Å². The number of nitrogens with zero attached hydrogens (tertiary/aromatic N) is 1. The zero-order chi connectivity index (χ0) is 15.1. The zero-order valence-corrected chi connectivity index (χ0v) is 12.8. The lowest BCUT2D eigenvalue weighted by Crippen LogP contribution is -2.14. The number of aromatic nitrogens is 1. The summed E-state index contributed by atoms with van der Waals surface area (Å²) in [6.45, 7) is 1.89. The number of anilines is 2. The van der Waals surface area contributed by atoms with Gasteiger partial charge in [0.15, 0.2) is 5.82 Å². The molecule has 1 aromatic heterocycles. The quantitative estimate of drug-likeness (QED) is 0.633. The van der Waals surface area contributed by atoms with E-state index in [-0.39, 0.29) is 5.91 Å². The maximum absolute atomic E-state index is 11.9. The van der Waals surface area contributed by atoms with E-state index in [0.717, 1.165) is 17.7 Å². The van der Waals surface area contributed by atoms with Crippen molar-refractivity contribution in [1.29, 1.82) is 0 Å². The first kappa shape index (κ1) is 15.4. The topological polar surface area (TPSA) is 68.0 Å². The van der Waals surface area contributed by atoms with Crippen LogP contribution < -0.4 is 11.1 Å². The highest BCUT2D eigenvalue weighted by Crippen LogP contribution is 2.20. The third-order valence-electron chi connectivity index (χ3n) is 3.03. The van der Waals surface area contributed by atoms with Gasteiger partial charge in [0.25, 0.3) is 0 Å². The number of carbonyl (C=O) groups is 1. The number of pyridine rings is 1. The summed E-state index contributed by atoms with van der Waals surface area (Å²) in [5, 5.41) is 2.77. The Morgan fingerprint density at radius 2 is 2.05 bits per heavy atom. The standard InChI is InChI=1S/C16H19N3OS/c1-12-9-10-18-16(15(12)17)19-14(20)8-5-11-21-13-6-3-2-4-7-13/h2-4,6-7,9-10H,5,8,11,17H2,1H3,(H,18,19,20). The average molecular weight is 301 g/mol. The molecular weight excluding hydrogens is 282 g/mol. The molecule has 1 aromatic carbocycles. The smallest absolute Gasteiger partial charge is 0.225 e. The Kier molecular flexibility index (Phi) is 5.63.